The molecule has 0 saturated carbocycles. The largest absolute Gasteiger partial charge is 0.489 e. The Morgan fingerprint density at radius 3 is 2.67 bits per heavy atom. The van der Waals surface area contributed by atoms with Gasteiger partial charge < -0.3 is 20.5 Å². The first-order chi connectivity index (χ1) is 8.54. The maximum absolute atomic E-state index is 11.4. The molecule has 0 aromatic heterocycles. The summed E-state index contributed by atoms with van der Waals surface area (Å²) in [5, 5.41) is 2.54. The van der Waals surface area contributed by atoms with Crippen molar-refractivity contribution in [2.75, 3.05) is 26.0 Å². The highest BCUT2D eigenvalue weighted by Crippen LogP contribution is 2.22. The zero-order chi connectivity index (χ0) is 13.5. The third-order valence-corrected chi connectivity index (χ3v) is 2.29. The van der Waals surface area contributed by atoms with E-state index in [4.69, 9.17) is 15.2 Å². The summed E-state index contributed by atoms with van der Waals surface area (Å²) in [6, 6.07) is 4.96. The molecule has 5 nitrogen and oxygen atoms in total. The van der Waals surface area contributed by atoms with Gasteiger partial charge in [0.15, 0.2) is 0 Å². The van der Waals surface area contributed by atoms with Crippen LogP contribution in [0.2, 0.25) is 0 Å². The zero-order valence-electron chi connectivity index (χ0n) is 11.0. The Morgan fingerprint density at radius 2 is 2.11 bits per heavy atom. The summed E-state index contributed by atoms with van der Waals surface area (Å²) in [6.45, 7) is 4.87. The van der Waals surface area contributed by atoms with Gasteiger partial charge in [-0.2, -0.15) is 0 Å². The molecule has 0 atom stereocenters. The molecule has 3 N–H and O–H groups in total. The summed E-state index contributed by atoms with van der Waals surface area (Å²) in [7, 11) is 1.58. The van der Waals surface area contributed by atoms with Gasteiger partial charge in [-0.05, 0) is 32.0 Å². The first kappa shape index (κ1) is 14.3. The molecule has 5 heteroatoms. The summed E-state index contributed by atoms with van der Waals surface area (Å²) in [4.78, 5) is 11.4. The van der Waals surface area contributed by atoms with E-state index in [1.54, 1.807) is 25.2 Å². The molecule has 0 aliphatic carbocycles. The normalized spacial score (nSPS) is 10.4. The Hall–Kier alpha value is -1.75. The monoisotopic (exact) mass is 252 g/mol. The standard InChI is InChI=1S/C13H20N2O3/c1-9(2)17-6-7-18-12-5-4-10(8-11(12)14)13(16)15-3/h4-5,8-9H,6-7,14H2,1-3H3,(H,15,16). The van der Waals surface area contributed by atoms with Crippen LogP contribution in [0.1, 0.15) is 24.2 Å². The summed E-state index contributed by atoms with van der Waals surface area (Å²) in [5.41, 5.74) is 6.77. The van der Waals surface area contributed by atoms with E-state index >= 15 is 0 Å². The average Bonchev–Trinajstić information content (AvgIpc) is 2.34. The van der Waals surface area contributed by atoms with Crippen molar-refractivity contribution in [1.82, 2.24) is 5.32 Å². The van der Waals surface area contributed by atoms with Gasteiger partial charge in [-0.25, -0.2) is 0 Å². The Morgan fingerprint density at radius 1 is 1.39 bits per heavy atom. The summed E-state index contributed by atoms with van der Waals surface area (Å²) >= 11 is 0. The van der Waals surface area contributed by atoms with Crippen molar-refractivity contribution >= 4 is 11.6 Å². The van der Waals surface area contributed by atoms with Crippen LogP contribution in [0.5, 0.6) is 5.75 Å². The topological polar surface area (TPSA) is 73.6 Å². The molecule has 1 amide bonds. The van der Waals surface area contributed by atoms with Gasteiger partial charge in [-0.1, -0.05) is 0 Å². The van der Waals surface area contributed by atoms with Crippen LogP contribution < -0.4 is 15.8 Å². The van der Waals surface area contributed by atoms with Gasteiger partial charge in [0.25, 0.3) is 5.91 Å². The number of benzene rings is 1. The zero-order valence-corrected chi connectivity index (χ0v) is 11.0. The SMILES string of the molecule is CNC(=O)c1ccc(OCCOC(C)C)c(N)c1. The number of hydrogen-bond donors (Lipinski definition) is 2. The first-order valence-corrected chi connectivity index (χ1v) is 5.90. The van der Waals surface area contributed by atoms with Crippen molar-refractivity contribution in [3.63, 3.8) is 0 Å². The predicted octanol–water partition coefficient (Wildman–Crippen LogP) is 1.43. The second kappa shape index (κ2) is 6.86. The number of nitrogens with two attached hydrogens (primary N) is 1. The van der Waals surface area contributed by atoms with Gasteiger partial charge in [-0.3, -0.25) is 4.79 Å². The maximum Gasteiger partial charge on any atom is 0.251 e. The van der Waals surface area contributed by atoms with Crippen molar-refractivity contribution < 1.29 is 14.3 Å². The molecular formula is C13H20N2O3. The van der Waals surface area contributed by atoms with Gasteiger partial charge >= 0.3 is 0 Å². The van der Waals surface area contributed by atoms with E-state index in [9.17, 15) is 4.79 Å². The smallest absolute Gasteiger partial charge is 0.251 e. The molecule has 0 saturated heterocycles. The highest BCUT2D eigenvalue weighted by atomic mass is 16.5. The minimum Gasteiger partial charge on any atom is -0.489 e. The van der Waals surface area contributed by atoms with Crippen molar-refractivity contribution in [1.29, 1.82) is 0 Å². The maximum atomic E-state index is 11.4. The van der Waals surface area contributed by atoms with E-state index in [1.165, 1.54) is 0 Å². The van der Waals surface area contributed by atoms with Gasteiger partial charge in [0.1, 0.15) is 12.4 Å². The summed E-state index contributed by atoms with van der Waals surface area (Å²) in [6.07, 6.45) is 0.182. The molecule has 0 unspecified atom stereocenters. The molecule has 0 bridgehead atoms. The summed E-state index contributed by atoms with van der Waals surface area (Å²) < 4.78 is 10.8. The highest BCUT2D eigenvalue weighted by Gasteiger charge is 2.07. The van der Waals surface area contributed by atoms with Crippen LogP contribution in [0.25, 0.3) is 0 Å². The molecule has 0 fully saturated rings. The predicted molar refractivity (Wildman–Crippen MR) is 70.8 cm³/mol. The van der Waals surface area contributed by atoms with Crippen molar-refractivity contribution in [3.05, 3.63) is 23.8 Å². The number of amides is 1. The van der Waals surface area contributed by atoms with E-state index in [2.05, 4.69) is 5.32 Å². The lowest BCUT2D eigenvalue weighted by atomic mass is 10.2. The lowest BCUT2D eigenvalue weighted by Crippen LogP contribution is -2.18. The molecule has 0 aliphatic heterocycles. The van der Waals surface area contributed by atoms with Crippen molar-refractivity contribution in [2.24, 2.45) is 0 Å². The van der Waals surface area contributed by atoms with E-state index in [1.807, 2.05) is 13.8 Å². The average molecular weight is 252 g/mol. The number of nitrogens with one attached hydrogen (secondary N) is 1. The molecule has 0 aliphatic rings. The lowest BCUT2D eigenvalue weighted by molar-refractivity contribution is 0.0554. The fourth-order valence-electron chi connectivity index (χ4n) is 1.40. The van der Waals surface area contributed by atoms with E-state index in [0.29, 0.717) is 30.2 Å². The second-order valence-corrected chi connectivity index (χ2v) is 4.10. The van der Waals surface area contributed by atoms with Crippen LogP contribution in [-0.2, 0) is 4.74 Å². The van der Waals surface area contributed by atoms with Gasteiger partial charge in [0.05, 0.1) is 18.4 Å². The third kappa shape index (κ3) is 4.25. The molecule has 1 rings (SSSR count). The van der Waals surface area contributed by atoms with E-state index in [0.717, 1.165) is 0 Å². The number of rotatable bonds is 6. The molecule has 0 spiro atoms. The molecule has 0 heterocycles. The minimum absolute atomic E-state index is 0.170. The number of hydrogen-bond acceptors (Lipinski definition) is 4. The molecule has 1 aromatic rings. The quantitative estimate of drug-likeness (QED) is 0.593. The first-order valence-electron chi connectivity index (χ1n) is 5.90. The van der Waals surface area contributed by atoms with Gasteiger partial charge in [0.2, 0.25) is 0 Å². The molecule has 1 aromatic carbocycles. The molecule has 18 heavy (non-hydrogen) atoms. The van der Waals surface area contributed by atoms with Crippen LogP contribution in [0, 0.1) is 0 Å². The minimum atomic E-state index is -0.170. The van der Waals surface area contributed by atoms with Crippen LogP contribution in [0.15, 0.2) is 18.2 Å². The second-order valence-electron chi connectivity index (χ2n) is 4.10. The Bertz CT molecular complexity index is 405. The Labute approximate surface area is 107 Å². The number of carbonyl (C=O) groups excluding carboxylic acids is 1. The lowest BCUT2D eigenvalue weighted by Gasteiger charge is -2.11. The van der Waals surface area contributed by atoms with Crippen LogP contribution in [0.4, 0.5) is 5.69 Å². The highest BCUT2D eigenvalue weighted by molar-refractivity contribution is 5.95. The van der Waals surface area contributed by atoms with Crippen molar-refractivity contribution in [2.45, 2.75) is 20.0 Å². The van der Waals surface area contributed by atoms with Crippen LogP contribution >= 0.6 is 0 Å². The van der Waals surface area contributed by atoms with Gasteiger partial charge in [0, 0.05) is 12.6 Å². The van der Waals surface area contributed by atoms with E-state index < -0.39 is 0 Å². The molecule has 0 radical (unpaired) electrons. The van der Waals surface area contributed by atoms with E-state index in [-0.39, 0.29) is 12.0 Å². The summed E-state index contributed by atoms with van der Waals surface area (Å²) in [5.74, 6) is 0.395. The number of ether oxygens (including phenoxy) is 2. The Kier molecular flexibility index (Phi) is 5.45. The fraction of sp³-hybridized carbons (Fsp3) is 0.462. The van der Waals surface area contributed by atoms with Crippen molar-refractivity contribution in [3.8, 4) is 5.75 Å². The fourth-order valence-corrected chi connectivity index (χ4v) is 1.40. The number of carbonyl (C=O) groups is 1. The Balaban J connectivity index is 2.55. The number of anilines is 1. The van der Waals surface area contributed by atoms with Crippen LogP contribution in [0.3, 0.4) is 0 Å². The van der Waals surface area contributed by atoms with Gasteiger partial charge in [-0.15, -0.1) is 0 Å². The molecule has 100 valence electrons. The molecular weight excluding hydrogens is 232 g/mol. The van der Waals surface area contributed by atoms with Crippen LogP contribution in [-0.4, -0.2) is 32.3 Å². The number of nitrogen functional groups attached to an aromatic ring is 1. The third-order valence-electron chi connectivity index (χ3n) is 2.29.